The van der Waals surface area contributed by atoms with Crippen molar-refractivity contribution in [1.82, 2.24) is 15.0 Å². The van der Waals surface area contributed by atoms with Crippen LogP contribution >= 0.6 is 11.6 Å². The summed E-state index contributed by atoms with van der Waals surface area (Å²) >= 11 is 5.88. The maximum Gasteiger partial charge on any atom is 0.181 e. The van der Waals surface area contributed by atoms with Gasteiger partial charge in [0.1, 0.15) is 17.2 Å². The number of anilines is 1. The molecule has 12 heavy (non-hydrogen) atoms. The van der Waals surface area contributed by atoms with Crippen molar-refractivity contribution in [3.8, 4) is 0 Å². The number of aromatic nitrogens is 3. The van der Waals surface area contributed by atoms with Crippen molar-refractivity contribution in [2.45, 2.75) is 6.92 Å². The number of imidazole rings is 1. The Hall–Kier alpha value is -1.29. The molecule has 0 saturated heterocycles. The van der Waals surface area contributed by atoms with Crippen LogP contribution in [0.2, 0.25) is 5.02 Å². The van der Waals surface area contributed by atoms with E-state index in [-0.39, 0.29) is 0 Å². The van der Waals surface area contributed by atoms with E-state index in [1.165, 1.54) is 0 Å². The van der Waals surface area contributed by atoms with Gasteiger partial charge in [-0.3, -0.25) is 0 Å². The monoisotopic (exact) mass is 182 g/mol. The highest BCUT2D eigenvalue weighted by atomic mass is 35.5. The second kappa shape index (κ2) is 2.35. The lowest BCUT2D eigenvalue weighted by atomic mass is 10.4. The van der Waals surface area contributed by atoms with E-state index in [1.807, 2.05) is 6.92 Å². The Balaban J connectivity index is 2.88. The van der Waals surface area contributed by atoms with Crippen LogP contribution in [0.3, 0.4) is 0 Å². The molecule has 0 aliphatic heterocycles. The summed E-state index contributed by atoms with van der Waals surface area (Å²) in [6.07, 6.45) is 0. The first kappa shape index (κ1) is 7.36. The lowest BCUT2D eigenvalue weighted by molar-refractivity contribution is 1.16. The molecule has 0 unspecified atom stereocenters. The molecule has 0 bridgehead atoms. The van der Waals surface area contributed by atoms with E-state index < -0.39 is 0 Å². The molecule has 0 fully saturated rings. The predicted molar refractivity (Wildman–Crippen MR) is 48.0 cm³/mol. The lowest BCUT2D eigenvalue weighted by Crippen LogP contribution is -1.89. The molecule has 62 valence electrons. The number of aryl methyl sites for hydroxylation is 1. The molecule has 2 heterocycles. The van der Waals surface area contributed by atoms with E-state index in [1.54, 1.807) is 6.07 Å². The molecule has 2 aromatic rings. The van der Waals surface area contributed by atoms with Gasteiger partial charge in [-0.2, -0.15) is 0 Å². The largest absolute Gasteiger partial charge is 0.384 e. The van der Waals surface area contributed by atoms with E-state index in [9.17, 15) is 0 Å². The topological polar surface area (TPSA) is 67.6 Å². The highest BCUT2D eigenvalue weighted by Crippen LogP contribution is 2.21. The summed E-state index contributed by atoms with van der Waals surface area (Å²) < 4.78 is 0. The van der Waals surface area contributed by atoms with Crippen LogP contribution in [0, 0.1) is 6.92 Å². The molecule has 0 spiro atoms. The second-order valence-electron chi connectivity index (χ2n) is 2.55. The zero-order valence-corrected chi connectivity index (χ0v) is 7.18. The Morgan fingerprint density at radius 2 is 2.25 bits per heavy atom. The number of rotatable bonds is 0. The van der Waals surface area contributed by atoms with Crippen LogP contribution < -0.4 is 5.73 Å². The summed E-state index contributed by atoms with van der Waals surface area (Å²) in [5.74, 6) is 1.17. The maximum absolute atomic E-state index is 5.88. The van der Waals surface area contributed by atoms with Crippen molar-refractivity contribution in [2.24, 2.45) is 0 Å². The molecule has 0 aliphatic rings. The van der Waals surface area contributed by atoms with E-state index >= 15 is 0 Å². The molecular formula is C7H7ClN4. The Morgan fingerprint density at radius 1 is 1.50 bits per heavy atom. The third kappa shape index (κ3) is 1.00. The lowest BCUT2D eigenvalue weighted by Gasteiger charge is -1.93. The van der Waals surface area contributed by atoms with Gasteiger partial charge in [0.05, 0.1) is 5.02 Å². The van der Waals surface area contributed by atoms with Crippen LogP contribution in [0.15, 0.2) is 6.07 Å². The molecule has 2 rings (SSSR count). The standard InChI is InChI=1S/C7H7ClN4/c1-3-10-6-4(8)2-5(9)12-7(6)11-3/h2H,1H3,(H3,9,10,11,12). The minimum atomic E-state index is 0.388. The number of hydrogen-bond acceptors (Lipinski definition) is 3. The van der Waals surface area contributed by atoms with Crippen molar-refractivity contribution in [2.75, 3.05) is 5.73 Å². The number of nitrogen functional groups attached to an aromatic ring is 1. The average molecular weight is 183 g/mol. The highest BCUT2D eigenvalue weighted by molar-refractivity contribution is 6.35. The first-order chi connectivity index (χ1) is 5.66. The van der Waals surface area contributed by atoms with Gasteiger partial charge in [0.15, 0.2) is 5.65 Å². The number of H-pyrrole nitrogens is 1. The zero-order chi connectivity index (χ0) is 8.72. The molecular weight excluding hydrogens is 176 g/mol. The fraction of sp³-hybridized carbons (Fsp3) is 0.143. The van der Waals surface area contributed by atoms with Gasteiger partial charge in [0.2, 0.25) is 0 Å². The first-order valence-electron chi connectivity index (χ1n) is 3.45. The molecule has 0 aromatic carbocycles. The van der Waals surface area contributed by atoms with Gasteiger partial charge < -0.3 is 10.7 Å². The molecule has 4 nitrogen and oxygen atoms in total. The van der Waals surface area contributed by atoms with Gasteiger partial charge in [-0.05, 0) is 6.92 Å². The smallest absolute Gasteiger partial charge is 0.181 e. The highest BCUT2D eigenvalue weighted by Gasteiger charge is 2.05. The molecule has 2 aromatic heterocycles. The van der Waals surface area contributed by atoms with Gasteiger partial charge >= 0.3 is 0 Å². The number of nitrogens with one attached hydrogen (secondary N) is 1. The Labute approximate surface area is 73.8 Å². The fourth-order valence-electron chi connectivity index (χ4n) is 1.08. The number of pyridine rings is 1. The van der Waals surface area contributed by atoms with Crippen LogP contribution in [-0.4, -0.2) is 15.0 Å². The predicted octanol–water partition coefficient (Wildman–Crippen LogP) is 1.50. The normalized spacial score (nSPS) is 10.8. The Kier molecular flexibility index (Phi) is 1.44. The van der Waals surface area contributed by atoms with Crippen molar-refractivity contribution in [3.63, 3.8) is 0 Å². The first-order valence-corrected chi connectivity index (χ1v) is 3.83. The van der Waals surface area contributed by atoms with Gasteiger partial charge in [-0.15, -0.1) is 0 Å². The summed E-state index contributed by atoms with van der Waals surface area (Å²) in [6.45, 7) is 1.84. The maximum atomic E-state index is 5.88. The average Bonchev–Trinajstić information content (AvgIpc) is 2.29. The number of halogens is 1. The van der Waals surface area contributed by atoms with Crippen LogP contribution in [0.25, 0.3) is 11.2 Å². The van der Waals surface area contributed by atoms with E-state index in [0.717, 1.165) is 11.3 Å². The molecule has 5 heteroatoms. The van der Waals surface area contributed by atoms with E-state index in [4.69, 9.17) is 17.3 Å². The number of nitrogens with zero attached hydrogens (tertiary/aromatic N) is 2. The van der Waals surface area contributed by atoms with Crippen molar-refractivity contribution >= 4 is 28.6 Å². The molecule has 0 radical (unpaired) electrons. The van der Waals surface area contributed by atoms with Crippen LogP contribution in [0.5, 0.6) is 0 Å². The van der Waals surface area contributed by atoms with Gasteiger partial charge in [-0.1, -0.05) is 11.6 Å². The van der Waals surface area contributed by atoms with Crippen molar-refractivity contribution in [1.29, 1.82) is 0 Å². The third-order valence-electron chi connectivity index (χ3n) is 1.55. The summed E-state index contributed by atoms with van der Waals surface area (Å²) in [6, 6.07) is 1.60. The Bertz CT molecular complexity index is 434. The van der Waals surface area contributed by atoms with Crippen LogP contribution in [0.1, 0.15) is 5.82 Å². The van der Waals surface area contributed by atoms with Crippen molar-refractivity contribution in [3.05, 3.63) is 16.9 Å². The van der Waals surface area contributed by atoms with Gasteiger partial charge in [-0.25, -0.2) is 9.97 Å². The van der Waals surface area contributed by atoms with Gasteiger partial charge in [0, 0.05) is 6.07 Å². The minimum absolute atomic E-state index is 0.388. The number of fused-ring (bicyclic) bond motifs is 1. The number of aromatic amines is 1. The Morgan fingerprint density at radius 3 is 3.00 bits per heavy atom. The second-order valence-corrected chi connectivity index (χ2v) is 2.96. The molecule has 0 aliphatic carbocycles. The number of nitrogens with two attached hydrogens (primary N) is 1. The summed E-state index contributed by atoms with van der Waals surface area (Å²) in [4.78, 5) is 11.1. The molecule has 0 atom stereocenters. The van der Waals surface area contributed by atoms with Gasteiger partial charge in [0.25, 0.3) is 0 Å². The fourth-order valence-corrected chi connectivity index (χ4v) is 1.33. The number of hydrogen-bond donors (Lipinski definition) is 2. The van der Waals surface area contributed by atoms with E-state index in [2.05, 4.69) is 15.0 Å². The minimum Gasteiger partial charge on any atom is -0.384 e. The van der Waals surface area contributed by atoms with Crippen LogP contribution in [-0.2, 0) is 0 Å². The SMILES string of the molecule is Cc1nc2nc(N)cc(Cl)c2[nH]1. The quantitative estimate of drug-likeness (QED) is 0.649. The molecule has 3 N–H and O–H groups in total. The third-order valence-corrected chi connectivity index (χ3v) is 1.85. The van der Waals surface area contributed by atoms with E-state index in [0.29, 0.717) is 16.5 Å². The molecule has 0 amide bonds. The zero-order valence-electron chi connectivity index (χ0n) is 6.43. The van der Waals surface area contributed by atoms with Crippen molar-refractivity contribution < 1.29 is 0 Å². The summed E-state index contributed by atoms with van der Waals surface area (Å²) in [7, 11) is 0. The summed E-state index contributed by atoms with van der Waals surface area (Å²) in [5, 5.41) is 0.554. The molecule has 0 saturated carbocycles. The van der Waals surface area contributed by atoms with Crippen LogP contribution in [0.4, 0.5) is 5.82 Å². The summed E-state index contributed by atoms with van der Waals surface area (Å²) in [5.41, 5.74) is 6.79.